The van der Waals surface area contributed by atoms with Gasteiger partial charge in [-0.05, 0) is 18.8 Å². The second-order valence-electron chi connectivity index (χ2n) is 6.71. The Kier molecular flexibility index (Phi) is 8.27. The van der Waals surface area contributed by atoms with E-state index >= 15 is 0 Å². The molecule has 2 unspecified atom stereocenters. The number of carbonyl (C=O) groups excluding carboxylic acids is 2. The molecule has 0 spiro atoms. The summed E-state index contributed by atoms with van der Waals surface area (Å²) in [5.74, 6) is 3.22. The number of amides is 2. The first kappa shape index (κ1) is 20.8. The highest BCUT2D eigenvalue weighted by Gasteiger charge is 2.38. The number of nitrogens with zero attached hydrogens (tertiary/aromatic N) is 1. The van der Waals surface area contributed by atoms with Gasteiger partial charge in [-0.2, -0.15) is 0 Å². The predicted molar refractivity (Wildman–Crippen MR) is 99.2 cm³/mol. The number of ether oxygens (including phenoxy) is 1. The second kappa shape index (κ2) is 9.93. The van der Waals surface area contributed by atoms with E-state index in [0.717, 1.165) is 18.6 Å². The monoisotopic (exact) mass is 346 g/mol. The molecule has 1 N–H and O–H groups in total. The number of allylic oxidation sites excluding steroid dienone is 1. The molecule has 0 aliphatic carbocycles. The smallest absolute Gasteiger partial charge is 0.250 e. The molecule has 0 saturated carbocycles. The zero-order chi connectivity index (χ0) is 19.0. The lowest BCUT2D eigenvalue weighted by Crippen LogP contribution is -2.50. The van der Waals surface area contributed by atoms with Gasteiger partial charge < -0.3 is 15.0 Å². The van der Waals surface area contributed by atoms with Gasteiger partial charge >= 0.3 is 0 Å². The molecule has 0 bridgehead atoms. The first-order chi connectivity index (χ1) is 11.8. The molecular weight excluding hydrogens is 316 g/mol. The van der Waals surface area contributed by atoms with Gasteiger partial charge in [-0.15, -0.1) is 12.3 Å². The van der Waals surface area contributed by atoms with E-state index in [0.29, 0.717) is 24.5 Å². The average Bonchev–Trinajstić information content (AvgIpc) is 2.86. The summed E-state index contributed by atoms with van der Waals surface area (Å²) in [6.07, 6.45) is 9.71. The topological polar surface area (TPSA) is 58.6 Å². The van der Waals surface area contributed by atoms with Crippen LogP contribution in [0.4, 0.5) is 0 Å². The summed E-state index contributed by atoms with van der Waals surface area (Å²) in [6, 6.07) is -0.752. The van der Waals surface area contributed by atoms with E-state index in [1.807, 2.05) is 6.92 Å². The van der Waals surface area contributed by atoms with Crippen molar-refractivity contribution in [3.8, 4) is 12.3 Å². The number of terminal acetylenes is 1. The Balaban J connectivity index is 2.95. The molecule has 0 fully saturated rings. The Morgan fingerprint density at radius 2 is 2.16 bits per heavy atom. The van der Waals surface area contributed by atoms with Crippen molar-refractivity contribution in [3.05, 3.63) is 24.1 Å². The standard InChI is InChI=1S/C20H30N2O3/c1-7-9-11-19(23)21-16(10-8-2)20(24)22-15(5)13-18(25-6)17(22)12-14(3)4/h1,13-14,16-17H,5,8-12H2,2-4,6H3,(H,21,23). The first-order valence-corrected chi connectivity index (χ1v) is 8.86. The molecule has 0 aromatic carbocycles. The molecule has 1 aliphatic rings. The Morgan fingerprint density at radius 3 is 2.68 bits per heavy atom. The minimum atomic E-state index is -0.578. The fourth-order valence-corrected chi connectivity index (χ4v) is 2.98. The zero-order valence-electron chi connectivity index (χ0n) is 15.8. The van der Waals surface area contributed by atoms with Crippen LogP contribution in [0.15, 0.2) is 24.1 Å². The van der Waals surface area contributed by atoms with E-state index in [1.165, 1.54) is 0 Å². The zero-order valence-corrected chi connectivity index (χ0v) is 15.8. The van der Waals surface area contributed by atoms with E-state index in [4.69, 9.17) is 11.2 Å². The molecule has 0 radical (unpaired) electrons. The van der Waals surface area contributed by atoms with Gasteiger partial charge in [0, 0.05) is 24.6 Å². The highest BCUT2D eigenvalue weighted by atomic mass is 16.5. The lowest BCUT2D eigenvalue weighted by Gasteiger charge is -2.31. The van der Waals surface area contributed by atoms with Gasteiger partial charge in [0.25, 0.3) is 0 Å². The Hall–Kier alpha value is -2.22. The number of methoxy groups -OCH3 is 1. The van der Waals surface area contributed by atoms with Gasteiger partial charge in [0.1, 0.15) is 11.8 Å². The van der Waals surface area contributed by atoms with E-state index < -0.39 is 6.04 Å². The third-order valence-electron chi connectivity index (χ3n) is 4.13. The normalized spacial score (nSPS) is 17.9. The molecule has 2 amide bonds. The number of rotatable bonds is 9. The van der Waals surface area contributed by atoms with Crippen molar-refractivity contribution in [2.45, 2.75) is 65.0 Å². The lowest BCUT2D eigenvalue weighted by molar-refractivity contribution is -0.136. The van der Waals surface area contributed by atoms with Crippen molar-refractivity contribution in [2.24, 2.45) is 5.92 Å². The average molecular weight is 346 g/mol. The van der Waals surface area contributed by atoms with Crippen molar-refractivity contribution in [1.82, 2.24) is 10.2 Å². The molecular formula is C20H30N2O3. The van der Waals surface area contributed by atoms with Gasteiger partial charge in [0.2, 0.25) is 11.8 Å². The largest absolute Gasteiger partial charge is 0.499 e. The van der Waals surface area contributed by atoms with Crippen LogP contribution in [-0.4, -0.2) is 35.9 Å². The van der Waals surface area contributed by atoms with Crippen LogP contribution >= 0.6 is 0 Å². The summed E-state index contributed by atoms with van der Waals surface area (Å²) in [5.41, 5.74) is 0.603. The van der Waals surface area contributed by atoms with Gasteiger partial charge in [-0.25, -0.2) is 0 Å². The van der Waals surface area contributed by atoms with Gasteiger partial charge in [0.15, 0.2) is 0 Å². The van der Waals surface area contributed by atoms with Crippen LogP contribution in [0.1, 0.15) is 52.9 Å². The summed E-state index contributed by atoms with van der Waals surface area (Å²) in [7, 11) is 1.60. The lowest BCUT2D eigenvalue weighted by atomic mass is 10.0. The van der Waals surface area contributed by atoms with E-state index in [9.17, 15) is 9.59 Å². The minimum absolute atomic E-state index is 0.144. The van der Waals surface area contributed by atoms with Crippen molar-refractivity contribution in [3.63, 3.8) is 0 Å². The summed E-state index contributed by atoms with van der Waals surface area (Å²) < 4.78 is 5.45. The third kappa shape index (κ3) is 5.67. The molecule has 5 heteroatoms. The molecule has 1 rings (SSSR count). The van der Waals surface area contributed by atoms with Crippen molar-refractivity contribution in [2.75, 3.05) is 7.11 Å². The molecule has 1 heterocycles. The second-order valence-corrected chi connectivity index (χ2v) is 6.71. The Labute approximate surface area is 151 Å². The maximum Gasteiger partial charge on any atom is 0.250 e. The molecule has 138 valence electrons. The molecule has 2 atom stereocenters. The van der Waals surface area contributed by atoms with E-state index in [1.54, 1.807) is 18.1 Å². The van der Waals surface area contributed by atoms with Crippen LogP contribution in [0.3, 0.4) is 0 Å². The van der Waals surface area contributed by atoms with E-state index in [-0.39, 0.29) is 24.3 Å². The van der Waals surface area contributed by atoms with E-state index in [2.05, 4.69) is 31.7 Å². The quantitative estimate of drug-likeness (QED) is 0.653. The van der Waals surface area contributed by atoms with Gasteiger partial charge in [-0.3, -0.25) is 9.59 Å². The van der Waals surface area contributed by atoms with Crippen LogP contribution in [0.25, 0.3) is 0 Å². The summed E-state index contributed by atoms with van der Waals surface area (Å²) in [4.78, 5) is 26.8. The molecule has 1 aliphatic heterocycles. The predicted octanol–water partition coefficient (Wildman–Crippen LogP) is 2.99. The number of hydrogen-bond acceptors (Lipinski definition) is 3. The minimum Gasteiger partial charge on any atom is -0.499 e. The summed E-state index contributed by atoms with van der Waals surface area (Å²) in [5, 5.41) is 2.83. The fourth-order valence-electron chi connectivity index (χ4n) is 2.98. The van der Waals surface area contributed by atoms with Crippen LogP contribution in [-0.2, 0) is 14.3 Å². The highest BCUT2D eigenvalue weighted by molar-refractivity contribution is 5.89. The molecule has 0 saturated heterocycles. The van der Waals surface area contributed by atoms with Crippen LogP contribution in [0.5, 0.6) is 0 Å². The maximum absolute atomic E-state index is 13.1. The van der Waals surface area contributed by atoms with Gasteiger partial charge in [-0.1, -0.05) is 33.8 Å². The highest BCUT2D eigenvalue weighted by Crippen LogP contribution is 2.31. The molecule has 5 nitrogen and oxygen atoms in total. The first-order valence-electron chi connectivity index (χ1n) is 8.86. The molecule has 25 heavy (non-hydrogen) atoms. The number of carbonyl (C=O) groups is 2. The fraction of sp³-hybridized carbons (Fsp3) is 0.600. The number of hydrogen-bond donors (Lipinski definition) is 1. The van der Waals surface area contributed by atoms with Crippen molar-refractivity contribution < 1.29 is 14.3 Å². The third-order valence-corrected chi connectivity index (χ3v) is 4.13. The Bertz CT molecular complexity index is 572. The van der Waals surface area contributed by atoms with Gasteiger partial charge in [0.05, 0.1) is 13.2 Å². The van der Waals surface area contributed by atoms with Crippen LogP contribution < -0.4 is 5.32 Å². The van der Waals surface area contributed by atoms with Crippen LogP contribution in [0.2, 0.25) is 0 Å². The maximum atomic E-state index is 13.1. The number of nitrogens with one attached hydrogen (secondary N) is 1. The SMILES string of the molecule is C#CCCC(=O)NC(CCC)C(=O)N1C(=C)C=C(OC)C1CC(C)C. The molecule has 0 aromatic heterocycles. The summed E-state index contributed by atoms with van der Waals surface area (Å²) in [6.45, 7) is 10.2. The van der Waals surface area contributed by atoms with Crippen molar-refractivity contribution >= 4 is 11.8 Å². The van der Waals surface area contributed by atoms with Crippen molar-refractivity contribution in [1.29, 1.82) is 0 Å². The van der Waals surface area contributed by atoms with Crippen LogP contribution in [0, 0.1) is 18.3 Å². The summed E-state index contributed by atoms with van der Waals surface area (Å²) >= 11 is 0. The molecule has 0 aromatic rings. The Morgan fingerprint density at radius 1 is 1.48 bits per heavy atom.